The molecule has 0 saturated carbocycles. The van der Waals surface area contributed by atoms with Gasteiger partial charge in [0.25, 0.3) is 0 Å². The number of alkyl halides is 6. The molecule has 5 nitrogen and oxygen atoms in total. The van der Waals surface area contributed by atoms with Crippen LogP contribution >= 0.6 is 0 Å². The average Bonchev–Trinajstić information content (AvgIpc) is 2.34. The molecule has 0 aliphatic carbocycles. The molecular formula is C11H10F6N2O3. The van der Waals surface area contributed by atoms with Crippen LogP contribution in [0.1, 0.15) is 28.5 Å². The minimum absolute atomic E-state index is 0.154. The van der Waals surface area contributed by atoms with E-state index in [9.17, 15) is 31.1 Å². The summed E-state index contributed by atoms with van der Waals surface area (Å²) in [5, 5.41) is 0. The van der Waals surface area contributed by atoms with Crippen molar-refractivity contribution in [3.8, 4) is 5.75 Å². The summed E-state index contributed by atoms with van der Waals surface area (Å²) in [4.78, 5) is 14.8. The van der Waals surface area contributed by atoms with E-state index in [1.54, 1.807) is 0 Å². The normalized spacial score (nSPS) is 12.2. The lowest BCUT2D eigenvalue weighted by Gasteiger charge is -2.19. The second-order valence-electron chi connectivity index (χ2n) is 3.79. The molecule has 0 saturated heterocycles. The van der Waals surface area contributed by atoms with Crippen LogP contribution in [0.5, 0.6) is 5.75 Å². The fourth-order valence-electron chi connectivity index (χ4n) is 1.62. The lowest BCUT2D eigenvalue weighted by atomic mass is 10.0. The minimum atomic E-state index is -5.36. The van der Waals surface area contributed by atoms with Crippen molar-refractivity contribution in [2.24, 2.45) is 5.73 Å². The van der Waals surface area contributed by atoms with Crippen LogP contribution < -0.4 is 10.5 Å². The molecule has 2 N–H and O–H groups in total. The first-order valence-corrected chi connectivity index (χ1v) is 5.73. The Morgan fingerprint density at radius 2 is 1.86 bits per heavy atom. The summed E-state index contributed by atoms with van der Waals surface area (Å²) in [7, 11) is 0. The van der Waals surface area contributed by atoms with Crippen molar-refractivity contribution < 1.29 is 40.6 Å². The van der Waals surface area contributed by atoms with E-state index < -0.39 is 47.6 Å². The van der Waals surface area contributed by atoms with E-state index in [0.717, 1.165) is 0 Å². The van der Waals surface area contributed by atoms with Crippen LogP contribution in [0.4, 0.5) is 26.3 Å². The van der Waals surface area contributed by atoms with E-state index in [2.05, 4.69) is 14.5 Å². The smallest absolute Gasteiger partial charge is 0.461 e. The summed E-state index contributed by atoms with van der Waals surface area (Å²) in [6.07, 6.45) is -10.4. The third kappa shape index (κ3) is 4.23. The topological polar surface area (TPSA) is 74.4 Å². The number of nitrogens with two attached hydrogens (primary N) is 1. The summed E-state index contributed by atoms with van der Waals surface area (Å²) in [5.74, 6) is -2.82. The standard InChI is InChI=1S/C11H10F6N2O3/c1-2-21-9(20)8-5(3-18)7(10(12,13)14)6(4-19-8)22-11(15,16)17/h4H,2-3,18H2,1H3. The number of esters is 1. The Hall–Kier alpha value is -2.04. The number of ether oxygens (including phenoxy) is 2. The fraction of sp³-hybridized carbons (Fsp3) is 0.455. The predicted octanol–water partition coefficient (Wildman–Crippen LogP) is 2.63. The Kier molecular flexibility index (Phi) is 5.22. The average molecular weight is 332 g/mol. The van der Waals surface area contributed by atoms with Crippen molar-refractivity contribution in [3.63, 3.8) is 0 Å². The van der Waals surface area contributed by atoms with Gasteiger partial charge >= 0.3 is 18.5 Å². The third-order valence-corrected chi connectivity index (χ3v) is 2.33. The number of hydrogen-bond donors (Lipinski definition) is 1. The summed E-state index contributed by atoms with van der Waals surface area (Å²) < 4.78 is 83.4. The highest BCUT2D eigenvalue weighted by Crippen LogP contribution is 2.41. The van der Waals surface area contributed by atoms with Crippen LogP contribution in [0.25, 0.3) is 0 Å². The van der Waals surface area contributed by atoms with Crippen LogP contribution in [-0.2, 0) is 17.5 Å². The molecule has 0 atom stereocenters. The molecule has 1 rings (SSSR count). The predicted molar refractivity (Wildman–Crippen MR) is 59.8 cm³/mol. The first-order chi connectivity index (χ1) is 10.0. The van der Waals surface area contributed by atoms with Crippen molar-refractivity contribution in [1.82, 2.24) is 4.98 Å². The Labute approximate surface area is 120 Å². The van der Waals surface area contributed by atoms with Gasteiger partial charge in [-0.05, 0) is 6.92 Å². The zero-order valence-electron chi connectivity index (χ0n) is 11.0. The summed E-state index contributed by atoms with van der Waals surface area (Å²) >= 11 is 0. The van der Waals surface area contributed by atoms with Gasteiger partial charge in [0.2, 0.25) is 0 Å². The van der Waals surface area contributed by atoms with Crippen LogP contribution in [0.15, 0.2) is 6.20 Å². The van der Waals surface area contributed by atoms with Gasteiger partial charge in [-0.25, -0.2) is 9.78 Å². The zero-order chi connectivity index (χ0) is 17.1. The molecule has 0 amide bonds. The number of hydrogen-bond acceptors (Lipinski definition) is 5. The van der Waals surface area contributed by atoms with Crippen LogP contribution in [0.2, 0.25) is 0 Å². The summed E-state index contributed by atoms with van der Waals surface area (Å²) in [5.41, 5.74) is 1.56. The van der Waals surface area contributed by atoms with Crippen LogP contribution in [0, 0.1) is 0 Å². The Morgan fingerprint density at radius 3 is 2.27 bits per heavy atom. The zero-order valence-corrected chi connectivity index (χ0v) is 11.0. The van der Waals surface area contributed by atoms with Crippen molar-refractivity contribution in [1.29, 1.82) is 0 Å². The molecule has 11 heteroatoms. The molecule has 124 valence electrons. The molecule has 22 heavy (non-hydrogen) atoms. The Balaban J connectivity index is 3.54. The highest BCUT2D eigenvalue weighted by atomic mass is 19.4. The number of carbonyl (C=O) groups excluding carboxylic acids is 1. The quantitative estimate of drug-likeness (QED) is 0.678. The Bertz CT molecular complexity index is 556. The molecule has 0 fully saturated rings. The maximum Gasteiger partial charge on any atom is 0.573 e. The molecule has 1 aromatic rings. The summed E-state index contributed by atoms with van der Waals surface area (Å²) in [6.45, 7) is 0.351. The van der Waals surface area contributed by atoms with Crippen LogP contribution in [0.3, 0.4) is 0 Å². The lowest BCUT2D eigenvalue weighted by Crippen LogP contribution is -2.24. The van der Waals surface area contributed by atoms with E-state index in [0.29, 0.717) is 0 Å². The van der Waals surface area contributed by atoms with E-state index in [1.165, 1.54) is 6.92 Å². The highest BCUT2D eigenvalue weighted by Gasteiger charge is 2.43. The number of pyridine rings is 1. The van der Waals surface area contributed by atoms with Gasteiger partial charge in [-0.15, -0.1) is 13.2 Å². The maximum atomic E-state index is 13.0. The molecule has 0 unspecified atom stereocenters. The molecule has 0 bridgehead atoms. The number of nitrogens with zero attached hydrogens (tertiary/aromatic N) is 1. The molecule has 0 aromatic carbocycles. The molecule has 0 radical (unpaired) electrons. The van der Waals surface area contributed by atoms with Gasteiger partial charge in [0.05, 0.1) is 12.8 Å². The van der Waals surface area contributed by atoms with Crippen molar-refractivity contribution in [2.75, 3.05) is 6.61 Å². The molecule has 0 spiro atoms. The van der Waals surface area contributed by atoms with E-state index in [1.807, 2.05) is 0 Å². The van der Waals surface area contributed by atoms with Gasteiger partial charge < -0.3 is 15.2 Å². The highest BCUT2D eigenvalue weighted by molar-refractivity contribution is 5.89. The van der Waals surface area contributed by atoms with E-state index in [-0.39, 0.29) is 12.8 Å². The number of halogens is 6. The maximum absolute atomic E-state index is 13.0. The lowest BCUT2D eigenvalue weighted by molar-refractivity contribution is -0.276. The molecule has 0 aliphatic rings. The second-order valence-corrected chi connectivity index (χ2v) is 3.79. The first-order valence-electron chi connectivity index (χ1n) is 5.73. The van der Waals surface area contributed by atoms with Gasteiger partial charge in [0.15, 0.2) is 11.4 Å². The first kappa shape index (κ1) is 18.0. The van der Waals surface area contributed by atoms with Crippen molar-refractivity contribution >= 4 is 5.97 Å². The van der Waals surface area contributed by atoms with Gasteiger partial charge in [0, 0.05) is 12.1 Å². The molecule has 1 heterocycles. The molecule has 1 aromatic heterocycles. The minimum Gasteiger partial charge on any atom is -0.461 e. The van der Waals surface area contributed by atoms with Crippen LogP contribution in [-0.4, -0.2) is 23.9 Å². The van der Waals surface area contributed by atoms with Gasteiger partial charge in [-0.3, -0.25) is 0 Å². The Morgan fingerprint density at radius 1 is 1.27 bits per heavy atom. The van der Waals surface area contributed by atoms with E-state index in [4.69, 9.17) is 5.73 Å². The SMILES string of the molecule is CCOC(=O)c1ncc(OC(F)(F)F)c(C(F)(F)F)c1CN. The van der Waals surface area contributed by atoms with Crippen molar-refractivity contribution in [2.45, 2.75) is 26.0 Å². The van der Waals surface area contributed by atoms with Gasteiger partial charge in [-0.2, -0.15) is 13.2 Å². The largest absolute Gasteiger partial charge is 0.573 e. The molecular weight excluding hydrogens is 322 g/mol. The summed E-state index contributed by atoms with van der Waals surface area (Å²) in [6, 6.07) is 0. The van der Waals surface area contributed by atoms with Gasteiger partial charge in [-0.1, -0.05) is 0 Å². The second kappa shape index (κ2) is 6.38. The monoisotopic (exact) mass is 332 g/mol. The number of aromatic nitrogens is 1. The number of rotatable bonds is 4. The van der Waals surface area contributed by atoms with Gasteiger partial charge in [0.1, 0.15) is 5.56 Å². The fourth-order valence-corrected chi connectivity index (χ4v) is 1.62. The van der Waals surface area contributed by atoms with Crippen molar-refractivity contribution in [3.05, 3.63) is 23.0 Å². The number of carbonyl (C=O) groups is 1. The third-order valence-electron chi connectivity index (χ3n) is 2.33. The van der Waals surface area contributed by atoms with E-state index >= 15 is 0 Å². The molecule has 0 aliphatic heterocycles.